The van der Waals surface area contributed by atoms with Crippen LogP contribution in [0, 0.1) is 0 Å². The lowest BCUT2D eigenvalue weighted by Gasteiger charge is -2.26. The minimum atomic E-state index is 0.394. The second-order valence-corrected chi connectivity index (χ2v) is 4.75. The van der Waals surface area contributed by atoms with E-state index in [9.17, 15) is 0 Å². The zero-order valence-corrected chi connectivity index (χ0v) is 11.4. The summed E-state index contributed by atoms with van der Waals surface area (Å²) in [6.45, 7) is 9.57. The van der Waals surface area contributed by atoms with Gasteiger partial charge < -0.3 is 14.8 Å². The first-order chi connectivity index (χ1) is 8.33. The molecule has 1 aliphatic heterocycles. The van der Waals surface area contributed by atoms with E-state index in [1.165, 1.54) is 19.4 Å². The van der Waals surface area contributed by atoms with Crippen LogP contribution in [0.5, 0.6) is 0 Å². The van der Waals surface area contributed by atoms with E-state index in [4.69, 9.17) is 9.47 Å². The first-order valence-corrected chi connectivity index (χ1v) is 6.86. The van der Waals surface area contributed by atoms with Crippen molar-refractivity contribution < 1.29 is 9.47 Å². The van der Waals surface area contributed by atoms with Crippen LogP contribution in [0.15, 0.2) is 0 Å². The van der Waals surface area contributed by atoms with Gasteiger partial charge in [-0.05, 0) is 45.8 Å². The first kappa shape index (κ1) is 14.9. The second-order valence-electron chi connectivity index (χ2n) is 4.75. The Bertz CT molecular complexity index is 173. The molecule has 1 heterocycles. The Labute approximate surface area is 106 Å². The van der Waals surface area contributed by atoms with Crippen LogP contribution < -0.4 is 5.32 Å². The molecule has 0 bridgehead atoms. The Hall–Kier alpha value is -0.160. The summed E-state index contributed by atoms with van der Waals surface area (Å²) in [5, 5.41) is 3.49. The summed E-state index contributed by atoms with van der Waals surface area (Å²) in [4.78, 5) is 2.48. The van der Waals surface area contributed by atoms with Gasteiger partial charge in [0.15, 0.2) is 0 Å². The molecule has 0 aromatic rings. The van der Waals surface area contributed by atoms with Gasteiger partial charge in [-0.1, -0.05) is 0 Å². The van der Waals surface area contributed by atoms with Gasteiger partial charge in [-0.15, -0.1) is 0 Å². The molecule has 0 radical (unpaired) electrons. The summed E-state index contributed by atoms with van der Waals surface area (Å²) in [5.41, 5.74) is 0. The third-order valence-corrected chi connectivity index (χ3v) is 3.30. The summed E-state index contributed by atoms with van der Waals surface area (Å²) in [5.74, 6) is 0. The van der Waals surface area contributed by atoms with E-state index < -0.39 is 0 Å². The lowest BCUT2D eigenvalue weighted by Crippen LogP contribution is -2.37. The van der Waals surface area contributed by atoms with Crippen molar-refractivity contribution in [3.05, 3.63) is 0 Å². The number of hydrogen-bond donors (Lipinski definition) is 1. The van der Waals surface area contributed by atoms with Crippen molar-refractivity contribution in [1.29, 1.82) is 0 Å². The Morgan fingerprint density at radius 2 is 1.94 bits per heavy atom. The minimum absolute atomic E-state index is 0.394. The standard InChI is InChI=1S/C13H28N2O2/c1-13(16-2)5-3-6-14-7-4-8-15-9-11-17-12-10-15/h13-14H,3-12H2,1-2H3. The number of hydrogen-bond acceptors (Lipinski definition) is 4. The fourth-order valence-electron chi connectivity index (χ4n) is 2.01. The Kier molecular flexibility index (Phi) is 8.61. The zero-order chi connectivity index (χ0) is 12.3. The maximum Gasteiger partial charge on any atom is 0.0594 e. The van der Waals surface area contributed by atoms with Crippen molar-refractivity contribution >= 4 is 0 Å². The highest BCUT2D eigenvalue weighted by Gasteiger charge is 2.08. The predicted molar refractivity (Wildman–Crippen MR) is 70.5 cm³/mol. The Balaban J connectivity index is 1.80. The molecule has 1 fully saturated rings. The number of ether oxygens (including phenoxy) is 2. The first-order valence-electron chi connectivity index (χ1n) is 6.86. The molecular weight excluding hydrogens is 216 g/mol. The maximum absolute atomic E-state index is 5.32. The molecule has 102 valence electrons. The molecule has 0 aromatic carbocycles. The van der Waals surface area contributed by atoms with Gasteiger partial charge in [-0.2, -0.15) is 0 Å². The zero-order valence-electron chi connectivity index (χ0n) is 11.4. The second kappa shape index (κ2) is 9.83. The molecule has 1 aliphatic rings. The van der Waals surface area contributed by atoms with E-state index in [1.54, 1.807) is 7.11 Å². The molecule has 4 nitrogen and oxygen atoms in total. The van der Waals surface area contributed by atoms with E-state index in [0.717, 1.165) is 45.8 Å². The van der Waals surface area contributed by atoms with E-state index in [2.05, 4.69) is 17.1 Å². The topological polar surface area (TPSA) is 33.7 Å². The predicted octanol–water partition coefficient (Wildman–Crippen LogP) is 1.11. The molecule has 0 amide bonds. The lowest BCUT2D eigenvalue weighted by molar-refractivity contribution is 0.0374. The van der Waals surface area contributed by atoms with Crippen molar-refractivity contribution in [1.82, 2.24) is 10.2 Å². The molecular formula is C13H28N2O2. The smallest absolute Gasteiger partial charge is 0.0594 e. The molecule has 0 aliphatic carbocycles. The summed E-state index contributed by atoms with van der Waals surface area (Å²) in [6.07, 6.45) is 3.98. The summed E-state index contributed by atoms with van der Waals surface area (Å²) in [6, 6.07) is 0. The van der Waals surface area contributed by atoms with Crippen molar-refractivity contribution in [2.45, 2.75) is 32.3 Å². The van der Waals surface area contributed by atoms with Gasteiger partial charge in [-0.3, -0.25) is 4.90 Å². The van der Waals surface area contributed by atoms with Crippen molar-refractivity contribution in [2.75, 3.05) is 53.0 Å². The fraction of sp³-hybridized carbons (Fsp3) is 1.00. The van der Waals surface area contributed by atoms with Gasteiger partial charge in [0, 0.05) is 20.2 Å². The third-order valence-electron chi connectivity index (χ3n) is 3.30. The lowest BCUT2D eigenvalue weighted by atomic mass is 10.2. The van der Waals surface area contributed by atoms with Gasteiger partial charge in [0.25, 0.3) is 0 Å². The molecule has 1 rings (SSSR count). The average Bonchev–Trinajstić information content (AvgIpc) is 2.38. The van der Waals surface area contributed by atoms with Crippen LogP contribution in [0.2, 0.25) is 0 Å². The molecule has 1 N–H and O–H groups in total. The van der Waals surface area contributed by atoms with Crippen LogP contribution in [0.3, 0.4) is 0 Å². The van der Waals surface area contributed by atoms with Gasteiger partial charge in [0.05, 0.1) is 19.3 Å². The molecule has 4 heteroatoms. The van der Waals surface area contributed by atoms with Crippen molar-refractivity contribution in [2.24, 2.45) is 0 Å². The molecule has 1 atom stereocenters. The summed E-state index contributed by atoms with van der Waals surface area (Å²) >= 11 is 0. The monoisotopic (exact) mass is 244 g/mol. The van der Waals surface area contributed by atoms with Crippen LogP contribution in [-0.2, 0) is 9.47 Å². The quantitative estimate of drug-likeness (QED) is 0.616. The van der Waals surface area contributed by atoms with Crippen LogP contribution in [0.1, 0.15) is 26.2 Å². The SMILES string of the molecule is COC(C)CCCNCCCN1CCOCC1. The van der Waals surface area contributed by atoms with Crippen molar-refractivity contribution in [3.8, 4) is 0 Å². The van der Waals surface area contributed by atoms with E-state index in [-0.39, 0.29) is 0 Å². The van der Waals surface area contributed by atoms with Crippen LogP contribution >= 0.6 is 0 Å². The van der Waals surface area contributed by atoms with E-state index in [0.29, 0.717) is 6.10 Å². The number of morpholine rings is 1. The molecule has 17 heavy (non-hydrogen) atoms. The van der Waals surface area contributed by atoms with E-state index in [1.807, 2.05) is 0 Å². The van der Waals surface area contributed by atoms with E-state index >= 15 is 0 Å². The minimum Gasteiger partial charge on any atom is -0.382 e. The molecule has 0 aromatic heterocycles. The summed E-state index contributed by atoms with van der Waals surface area (Å²) in [7, 11) is 1.78. The largest absolute Gasteiger partial charge is 0.382 e. The summed E-state index contributed by atoms with van der Waals surface area (Å²) < 4.78 is 10.5. The van der Waals surface area contributed by atoms with Gasteiger partial charge in [0.1, 0.15) is 0 Å². The van der Waals surface area contributed by atoms with Gasteiger partial charge >= 0.3 is 0 Å². The average molecular weight is 244 g/mol. The highest BCUT2D eigenvalue weighted by molar-refractivity contribution is 4.62. The van der Waals surface area contributed by atoms with Gasteiger partial charge in [-0.25, -0.2) is 0 Å². The molecule has 1 unspecified atom stereocenters. The normalized spacial score (nSPS) is 19.4. The maximum atomic E-state index is 5.32. The Morgan fingerprint density at radius 3 is 2.65 bits per heavy atom. The van der Waals surface area contributed by atoms with Crippen LogP contribution in [-0.4, -0.2) is 64.1 Å². The highest BCUT2D eigenvalue weighted by atomic mass is 16.5. The molecule has 1 saturated heterocycles. The van der Waals surface area contributed by atoms with Gasteiger partial charge in [0.2, 0.25) is 0 Å². The fourth-order valence-corrected chi connectivity index (χ4v) is 2.01. The number of nitrogens with zero attached hydrogens (tertiary/aromatic N) is 1. The van der Waals surface area contributed by atoms with Crippen LogP contribution in [0.4, 0.5) is 0 Å². The third kappa shape index (κ3) is 7.71. The highest BCUT2D eigenvalue weighted by Crippen LogP contribution is 1.99. The number of rotatable bonds is 9. The molecule has 0 spiro atoms. The Morgan fingerprint density at radius 1 is 1.24 bits per heavy atom. The molecule has 0 saturated carbocycles. The number of methoxy groups -OCH3 is 1. The number of nitrogens with one attached hydrogen (secondary N) is 1. The van der Waals surface area contributed by atoms with Crippen LogP contribution in [0.25, 0.3) is 0 Å². The van der Waals surface area contributed by atoms with Crippen molar-refractivity contribution in [3.63, 3.8) is 0 Å².